The van der Waals surface area contributed by atoms with E-state index in [-0.39, 0.29) is 5.91 Å². The zero-order chi connectivity index (χ0) is 19.4. The first-order chi connectivity index (χ1) is 12.9. The molecule has 0 atom stereocenters. The van der Waals surface area contributed by atoms with E-state index in [1.807, 2.05) is 51.1 Å². The van der Waals surface area contributed by atoms with Gasteiger partial charge in [-0.15, -0.1) is 0 Å². The van der Waals surface area contributed by atoms with Crippen molar-refractivity contribution >= 4 is 23.2 Å². The molecule has 0 fully saturated rings. The number of carbonyl (C=O) groups is 1. The summed E-state index contributed by atoms with van der Waals surface area (Å²) < 4.78 is 5.34. The number of amides is 1. The molecule has 0 spiro atoms. The molecule has 0 saturated heterocycles. The fraction of sp³-hybridized carbons (Fsp3) is 0.190. The van der Waals surface area contributed by atoms with Crippen LogP contribution in [0.1, 0.15) is 27.0 Å². The summed E-state index contributed by atoms with van der Waals surface area (Å²) in [4.78, 5) is 20.9. The fourth-order valence-electron chi connectivity index (χ4n) is 2.80. The highest BCUT2D eigenvalue weighted by atomic mass is 16.5. The number of rotatable bonds is 5. The normalized spacial score (nSPS) is 10.4. The molecule has 0 aliphatic carbocycles. The van der Waals surface area contributed by atoms with Crippen LogP contribution in [-0.2, 0) is 0 Å². The van der Waals surface area contributed by atoms with Crippen LogP contribution in [0.4, 0.5) is 17.3 Å². The third-order valence-corrected chi connectivity index (χ3v) is 4.00. The summed E-state index contributed by atoms with van der Waals surface area (Å²) in [6, 6.07) is 11.7. The summed E-state index contributed by atoms with van der Waals surface area (Å²) in [5, 5.41) is 5.99. The molecule has 27 heavy (non-hydrogen) atoms. The standard InChI is InChI=1S/C21H22N4O2/c1-13-5-6-19(27-4)18(10-13)25-21-22-11-16(12-23-21)20(26)24-17-8-14(2)7-15(3)9-17/h5-12H,1-4H3,(H,24,26)(H,22,23,25). The van der Waals surface area contributed by atoms with Gasteiger partial charge in [0.1, 0.15) is 5.75 Å². The minimum atomic E-state index is -0.250. The Kier molecular flexibility index (Phi) is 5.35. The molecule has 138 valence electrons. The largest absolute Gasteiger partial charge is 0.495 e. The van der Waals surface area contributed by atoms with E-state index in [2.05, 4.69) is 26.7 Å². The Morgan fingerprint density at radius 1 is 0.926 bits per heavy atom. The Bertz CT molecular complexity index is 948. The highest BCUT2D eigenvalue weighted by molar-refractivity contribution is 6.04. The van der Waals surface area contributed by atoms with Gasteiger partial charge in [-0.25, -0.2) is 9.97 Å². The number of hydrogen-bond acceptors (Lipinski definition) is 5. The molecule has 2 N–H and O–H groups in total. The Morgan fingerprint density at radius 3 is 2.22 bits per heavy atom. The highest BCUT2D eigenvalue weighted by Gasteiger charge is 2.10. The molecule has 1 aromatic heterocycles. The number of methoxy groups -OCH3 is 1. The molecule has 3 rings (SSSR count). The average Bonchev–Trinajstić information content (AvgIpc) is 2.61. The average molecular weight is 362 g/mol. The lowest BCUT2D eigenvalue weighted by molar-refractivity contribution is 0.102. The molecule has 1 amide bonds. The number of benzene rings is 2. The molecular weight excluding hydrogens is 340 g/mol. The van der Waals surface area contributed by atoms with Crippen molar-refractivity contribution in [2.45, 2.75) is 20.8 Å². The van der Waals surface area contributed by atoms with Gasteiger partial charge in [0.25, 0.3) is 5.91 Å². The van der Waals surface area contributed by atoms with Crippen molar-refractivity contribution in [3.05, 3.63) is 71.0 Å². The van der Waals surface area contributed by atoms with Gasteiger partial charge in [-0.2, -0.15) is 0 Å². The first kappa shape index (κ1) is 18.4. The zero-order valence-electron chi connectivity index (χ0n) is 15.8. The van der Waals surface area contributed by atoms with E-state index in [0.717, 1.165) is 28.1 Å². The lowest BCUT2D eigenvalue weighted by Gasteiger charge is -2.11. The van der Waals surface area contributed by atoms with Gasteiger partial charge in [-0.1, -0.05) is 12.1 Å². The summed E-state index contributed by atoms with van der Waals surface area (Å²) in [5.74, 6) is 0.836. The number of aromatic nitrogens is 2. The van der Waals surface area contributed by atoms with Crippen molar-refractivity contribution in [2.75, 3.05) is 17.7 Å². The fourth-order valence-corrected chi connectivity index (χ4v) is 2.80. The van der Waals surface area contributed by atoms with Crippen LogP contribution in [0.3, 0.4) is 0 Å². The second-order valence-electron chi connectivity index (χ2n) is 6.45. The monoisotopic (exact) mass is 362 g/mol. The van der Waals surface area contributed by atoms with E-state index < -0.39 is 0 Å². The minimum Gasteiger partial charge on any atom is -0.495 e. The smallest absolute Gasteiger partial charge is 0.258 e. The first-order valence-electron chi connectivity index (χ1n) is 8.58. The maximum absolute atomic E-state index is 12.4. The van der Waals surface area contributed by atoms with Gasteiger partial charge in [0.15, 0.2) is 0 Å². The van der Waals surface area contributed by atoms with Crippen molar-refractivity contribution < 1.29 is 9.53 Å². The Labute approximate surface area is 158 Å². The number of aryl methyl sites for hydroxylation is 3. The van der Waals surface area contributed by atoms with Crippen LogP contribution in [0.15, 0.2) is 48.8 Å². The Balaban J connectivity index is 1.73. The minimum absolute atomic E-state index is 0.250. The van der Waals surface area contributed by atoms with E-state index in [9.17, 15) is 4.79 Å². The predicted molar refractivity (Wildman–Crippen MR) is 107 cm³/mol. The van der Waals surface area contributed by atoms with Crippen molar-refractivity contribution in [2.24, 2.45) is 0 Å². The van der Waals surface area contributed by atoms with Crippen LogP contribution in [-0.4, -0.2) is 23.0 Å². The third kappa shape index (κ3) is 4.61. The van der Waals surface area contributed by atoms with Crippen molar-refractivity contribution in [3.63, 3.8) is 0 Å². The Morgan fingerprint density at radius 2 is 1.59 bits per heavy atom. The lowest BCUT2D eigenvalue weighted by atomic mass is 10.1. The van der Waals surface area contributed by atoms with E-state index >= 15 is 0 Å². The van der Waals surface area contributed by atoms with Gasteiger partial charge < -0.3 is 15.4 Å². The number of nitrogens with zero attached hydrogens (tertiary/aromatic N) is 2. The van der Waals surface area contributed by atoms with Crippen LogP contribution in [0.2, 0.25) is 0 Å². The molecule has 0 unspecified atom stereocenters. The molecule has 0 aliphatic rings. The molecule has 0 radical (unpaired) electrons. The molecular formula is C21H22N4O2. The van der Waals surface area contributed by atoms with E-state index in [4.69, 9.17) is 4.74 Å². The van der Waals surface area contributed by atoms with Gasteiger partial charge in [-0.05, 0) is 61.7 Å². The number of hydrogen-bond donors (Lipinski definition) is 2. The van der Waals surface area contributed by atoms with E-state index in [1.54, 1.807) is 7.11 Å². The molecule has 0 saturated carbocycles. The predicted octanol–water partition coefficient (Wildman–Crippen LogP) is 4.41. The second kappa shape index (κ2) is 7.86. The van der Waals surface area contributed by atoms with Gasteiger partial charge in [-0.3, -0.25) is 4.79 Å². The van der Waals surface area contributed by atoms with Crippen LogP contribution >= 0.6 is 0 Å². The molecule has 6 heteroatoms. The summed E-state index contributed by atoms with van der Waals surface area (Å²) in [6.45, 7) is 5.98. The molecule has 1 heterocycles. The van der Waals surface area contributed by atoms with Crippen molar-refractivity contribution in [3.8, 4) is 5.75 Å². The Hall–Kier alpha value is -3.41. The summed E-state index contributed by atoms with van der Waals surface area (Å²) in [6.07, 6.45) is 2.99. The van der Waals surface area contributed by atoms with Gasteiger partial charge in [0.2, 0.25) is 5.95 Å². The van der Waals surface area contributed by atoms with Crippen LogP contribution in [0.25, 0.3) is 0 Å². The second-order valence-corrected chi connectivity index (χ2v) is 6.45. The first-order valence-corrected chi connectivity index (χ1v) is 8.58. The van der Waals surface area contributed by atoms with Crippen molar-refractivity contribution in [1.29, 1.82) is 0 Å². The van der Waals surface area contributed by atoms with E-state index in [0.29, 0.717) is 17.3 Å². The summed E-state index contributed by atoms with van der Waals surface area (Å²) >= 11 is 0. The highest BCUT2D eigenvalue weighted by Crippen LogP contribution is 2.27. The van der Waals surface area contributed by atoms with Gasteiger partial charge in [0, 0.05) is 18.1 Å². The third-order valence-electron chi connectivity index (χ3n) is 4.00. The molecule has 2 aromatic carbocycles. The number of carbonyl (C=O) groups excluding carboxylic acids is 1. The lowest BCUT2D eigenvalue weighted by Crippen LogP contribution is -2.13. The summed E-state index contributed by atoms with van der Waals surface area (Å²) in [7, 11) is 1.61. The number of nitrogens with one attached hydrogen (secondary N) is 2. The van der Waals surface area contributed by atoms with Gasteiger partial charge in [0.05, 0.1) is 18.4 Å². The number of anilines is 3. The molecule has 0 aliphatic heterocycles. The SMILES string of the molecule is COc1ccc(C)cc1Nc1ncc(C(=O)Nc2cc(C)cc(C)c2)cn1. The quantitative estimate of drug-likeness (QED) is 0.703. The zero-order valence-corrected chi connectivity index (χ0v) is 15.8. The van der Waals surface area contributed by atoms with Crippen LogP contribution in [0.5, 0.6) is 5.75 Å². The summed E-state index contributed by atoms with van der Waals surface area (Å²) in [5.41, 5.74) is 5.18. The van der Waals surface area contributed by atoms with Crippen LogP contribution in [0, 0.1) is 20.8 Å². The van der Waals surface area contributed by atoms with Crippen LogP contribution < -0.4 is 15.4 Å². The topological polar surface area (TPSA) is 76.1 Å². The molecule has 6 nitrogen and oxygen atoms in total. The molecule has 3 aromatic rings. The maximum Gasteiger partial charge on any atom is 0.258 e. The molecule has 0 bridgehead atoms. The van der Waals surface area contributed by atoms with E-state index in [1.165, 1.54) is 12.4 Å². The number of ether oxygens (including phenoxy) is 1. The maximum atomic E-state index is 12.4. The van der Waals surface area contributed by atoms with Gasteiger partial charge >= 0.3 is 0 Å². The van der Waals surface area contributed by atoms with Crippen molar-refractivity contribution in [1.82, 2.24) is 9.97 Å².